The summed E-state index contributed by atoms with van der Waals surface area (Å²) in [6, 6.07) is 9.41. The first-order valence-corrected chi connectivity index (χ1v) is 7.02. The Balaban J connectivity index is 1.71. The molecule has 0 aromatic heterocycles. The highest BCUT2D eigenvalue weighted by Gasteiger charge is 2.31. The molecule has 1 saturated heterocycles. The summed E-state index contributed by atoms with van der Waals surface area (Å²) < 4.78 is 19.5. The van der Waals surface area contributed by atoms with Crippen molar-refractivity contribution in [2.75, 3.05) is 19.6 Å². The van der Waals surface area contributed by atoms with Crippen molar-refractivity contribution in [3.8, 4) is 0 Å². The van der Waals surface area contributed by atoms with Gasteiger partial charge in [-0.15, -0.1) is 0 Å². The number of amides is 1. The highest BCUT2D eigenvalue weighted by Crippen LogP contribution is 2.20. The minimum Gasteiger partial charge on any atom is -0.445 e. The predicted molar refractivity (Wildman–Crippen MR) is 75.2 cm³/mol. The standard InChI is InChI=1S/C15H21FN2O2/c16-15(8-4-5-9-17-11-15)12-18-14(19)20-10-13-6-2-1-3-7-13/h1-3,6-7,17H,4-5,8-12H2,(H,18,19)/t15-/m1/s1. The van der Waals surface area contributed by atoms with Crippen molar-refractivity contribution < 1.29 is 13.9 Å². The summed E-state index contributed by atoms with van der Waals surface area (Å²) in [5.41, 5.74) is -0.462. The number of ether oxygens (including phenoxy) is 1. The summed E-state index contributed by atoms with van der Waals surface area (Å²) in [4.78, 5) is 11.6. The molecular weight excluding hydrogens is 259 g/mol. The van der Waals surface area contributed by atoms with Crippen LogP contribution in [0.3, 0.4) is 0 Å². The molecule has 1 fully saturated rings. The van der Waals surface area contributed by atoms with E-state index in [0.717, 1.165) is 24.9 Å². The Hall–Kier alpha value is -1.62. The minimum atomic E-state index is -1.37. The lowest BCUT2D eigenvalue weighted by molar-refractivity contribution is 0.116. The SMILES string of the molecule is O=C(NC[C@@]1(F)CCCCNC1)OCc1ccccc1. The molecule has 1 amide bonds. The second kappa shape index (κ2) is 7.24. The van der Waals surface area contributed by atoms with Gasteiger partial charge in [0, 0.05) is 6.54 Å². The molecule has 1 aliphatic heterocycles. The fraction of sp³-hybridized carbons (Fsp3) is 0.533. The van der Waals surface area contributed by atoms with E-state index in [9.17, 15) is 9.18 Å². The molecule has 20 heavy (non-hydrogen) atoms. The highest BCUT2D eigenvalue weighted by molar-refractivity contribution is 5.67. The third-order valence-electron chi connectivity index (χ3n) is 3.43. The van der Waals surface area contributed by atoms with E-state index in [4.69, 9.17) is 4.74 Å². The fourth-order valence-corrected chi connectivity index (χ4v) is 2.25. The largest absolute Gasteiger partial charge is 0.445 e. The molecule has 0 aliphatic carbocycles. The first-order chi connectivity index (χ1) is 9.68. The molecule has 0 spiro atoms. The molecule has 0 saturated carbocycles. The predicted octanol–water partition coefficient (Wildman–Crippen LogP) is 2.39. The average Bonchev–Trinajstić information content (AvgIpc) is 2.69. The van der Waals surface area contributed by atoms with Crippen LogP contribution in [0.1, 0.15) is 24.8 Å². The lowest BCUT2D eigenvalue weighted by atomic mass is 10.0. The van der Waals surface area contributed by atoms with Crippen molar-refractivity contribution in [1.29, 1.82) is 0 Å². The lowest BCUT2D eigenvalue weighted by Crippen LogP contribution is -2.45. The topological polar surface area (TPSA) is 50.4 Å². The third-order valence-corrected chi connectivity index (χ3v) is 3.43. The van der Waals surface area contributed by atoms with Crippen molar-refractivity contribution in [2.24, 2.45) is 0 Å². The van der Waals surface area contributed by atoms with Gasteiger partial charge in [-0.05, 0) is 31.4 Å². The van der Waals surface area contributed by atoms with Crippen molar-refractivity contribution in [3.05, 3.63) is 35.9 Å². The van der Waals surface area contributed by atoms with Gasteiger partial charge in [-0.1, -0.05) is 30.3 Å². The van der Waals surface area contributed by atoms with E-state index in [1.54, 1.807) is 0 Å². The first-order valence-electron chi connectivity index (χ1n) is 7.02. The molecule has 1 aromatic carbocycles. The molecule has 110 valence electrons. The Morgan fingerprint density at radius 3 is 2.95 bits per heavy atom. The Kier molecular flexibility index (Phi) is 5.35. The van der Waals surface area contributed by atoms with Gasteiger partial charge in [0.25, 0.3) is 0 Å². The Labute approximate surface area is 118 Å². The van der Waals surface area contributed by atoms with Crippen LogP contribution in [-0.4, -0.2) is 31.4 Å². The summed E-state index contributed by atoms with van der Waals surface area (Å²) in [6.07, 6.45) is 1.71. The van der Waals surface area contributed by atoms with Gasteiger partial charge in [0.05, 0.1) is 6.54 Å². The number of benzene rings is 1. The Bertz CT molecular complexity index is 417. The van der Waals surface area contributed by atoms with Gasteiger partial charge >= 0.3 is 6.09 Å². The van der Waals surface area contributed by atoms with E-state index in [1.807, 2.05) is 30.3 Å². The molecule has 1 atom stereocenters. The van der Waals surface area contributed by atoms with Crippen LogP contribution in [0.5, 0.6) is 0 Å². The van der Waals surface area contributed by atoms with Crippen molar-refractivity contribution in [1.82, 2.24) is 10.6 Å². The Morgan fingerprint density at radius 1 is 1.35 bits per heavy atom. The van der Waals surface area contributed by atoms with E-state index >= 15 is 0 Å². The van der Waals surface area contributed by atoms with Crippen LogP contribution in [0.2, 0.25) is 0 Å². The summed E-state index contributed by atoms with van der Waals surface area (Å²) in [7, 11) is 0. The second-order valence-corrected chi connectivity index (χ2v) is 5.20. The Morgan fingerprint density at radius 2 is 2.15 bits per heavy atom. The lowest BCUT2D eigenvalue weighted by Gasteiger charge is -2.23. The maximum Gasteiger partial charge on any atom is 0.407 e. The van der Waals surface area contributed by atoms with Crippen LogP contribution in [-0.2, 0) is 11.3 Å². The van der Waals surface area contributed by atoms with E-state index < -0.39 is 11.8 Å². The van der Waals surface area contributed by atoms with Crippen molar-refractivity contribution >= 4 is 6.09 Å². The van der Waals surface area contributed by atoms with Crippen LogP contribution in [0.4, 0.5) is 9.18 Å². The summed E-state index contributed by atoms with van der Waals surface area (Å²) in [6.45, 7) is 1.31. The second-order valence-electron chi connectivity index (χ2n) is 5.20. The molecule has 0 unspecified atom stereocenters. The molecule has 4 nitrogen and oxygen atoms in total. The quantitative estimate of drug-likeness (QED) is 0.890. The number of alkyl halides is 1. The van der Waals surface area contributed by atoms with E-state index in [1.165, 1.54) is 0 Å². The molecule has 1 aromatic rings. The number of nitrogens with one attached hydrogen (secondary N) is 2. The zero-order valence-corrected chi connectivity index (χ0v) is 11.5. The first kappa shape index (κ1) is 14.8. The number of alkyl carbamates (subject to hydrolysis) is 1. The molecule has 2 N–H and O–H groups in total. The monoisotopic (exact) mass is 280 g/mol. The van der Waals surface area contributed by atoms with Crippen LogP contribution in [0, 0.1) is 0 Å². The van der Waals surface area contributed by atoms with Gasteiger partial charge in [0.2, 0.25) is 0 Å². The third kappa shape index (κ3) is 4.81. The smallest absolute Gasteiger partial charge is 0.407 e. The van der Waals surface area contributed by atoms with E-state index in [0.29, 0.717) is 6.42 Å². The zero-order valence-electron chi connectivity index (χ0n) is 11.5. The summed E-state index contributed by atoms with van der Waals surface area (Å²) >= 11 is 0. The number of hydrogen-bond acceptors (Lipinski definition) is 3. The normalized spacial score (nSPS) is 22.9. The zero-order chi connectivity index (χ0) is 14.3. The molecule has 0 bridgehead atoms. The minimum absolute atomic E-state index is 0.00633. The van der Waals surface area contributed by atoms with Crippen LogP contribution < -0.4 is 10.6 Å². The number of rotatable bonds is 4. The van der Waals surface area contributed by atoms with Gasteiger partial charge in [0.1, 0.15) is 12.3 Å². The molecular formula is C15H21FN2O2. The van der Waals surface area contributed by atoms with E-state index in [2.05, 4.69) is 10.6 Å². The maximum atomic E-state index is 14.4. The van der Waals surface area contributed by atoms with Crippen LogP contribution >= 0.6 is 0 Å². The van der Waals surface area contributed by atoms with E-state index in [-0.39, 0.29) is 19.7 Å². The molecule has 5 heteroatoms. The number of carbonyl (C=O) groups is 1. The maximum absolute atomic E-state index is 14.4. The van der Waals surface area contributed by atoms with Gasteiger partial charge in [-0.3, -0.25) is 0 Å². The number of hydrogen-bond donors (Lipinski definition) is 2. The van der Waals surface area contributed by atoms with Gasteiger partial charge < -0.3 is 15.4 Å². The highest BCUT2D eigenvalue weighted by atomic mass is 19.1. The molecule has 2 rings (SSSR count). The molecule has 0 radical (unpaired) electrons. The fourth-order valence-electron chi connectivity index (χ4n) is 2.25. The van der Waals surface area contributed by atoms with Gasteiger partial charge in [0.15, 0.2) is 0 Å². The summed E-state index contributed by atoms with van der Waals surface area (Å²) in [5, 5.41) is 5.57. The average molecular weight is 280 g/mol. The summed E-state index contributed by atoms with van der Waals surface area (Å²) in [5.74, 6) is 0. The number of carbonyl (C=O) groups excluding carboxylic acids is 1. The van der Waals surface area contributed by atoms with Gasteiger partial charge in [-0.25, -0.2) is 9.18 Å². The number of halogens is 1. The van der Waals surface area contributed by atoms with Crippen LogP contribution in [0.15, 0.2) is 30.3 Å². The van der Waals surface area contributed by atoms with Crippen molar-refractivity contribution in [2.45, 2.75) is 31.5 Å². The van der Waals surface area contributed by atoms with Crippen LogP contribution in [0.25, 0.3) is 0 Å². The molecule has 1 heterocycles. The van der Waals surface area contributed by atoms with Gasteiger partial charge in [-0.2, -0.15) is 0 Å². The molecule has 1 aliphatic rings. The van der Waals surface area contributed by atoms with Crippen molar-refractivity contribution in [3.63, 3.8) is 0 Å².